The van der Waals surface area contributed by atoms with Crippen LogP contribution in [0.5, 0.6) is 0 Å². The third-order valence-corrected chi connectivity index (χ3v) is 5.66. The fourth-order valence-electron chi connectivity index (χ4n) is 3.92. The molecule has 0 fully saturated rings. The van der Waals surface area contributed by atoms with E-state index in [4.69, 9.17) is 0 Å². The molecule has 1 aromatic heterocycles. The number of hydrogen-bond donors (Lipinski definition) is 0. The second-order valence-electron chi connectivity index (χ2n) is 8.53. The molecule has 0 aliphatic rings. The second kappa shape index (κ2) is 10.7. The number of rotatable bonds is 8. The highest BCUT2D eigenvalue weighted by Gasteiger charge is 2.24. The molecular weight excluding hydrogens is 408 g/mol. The molecule has 5 nitrogen and oxygen atoms in total. The fraction of sp³-hybridized carbons (Fsp3) is 0.286. The predicted molar refractivity (Wildman–Crippen MR) is 133 cm³/mol. The Morgan fingerprint density at radius 1 is 1.00 bits per heavy atom. The molecule has 33 heavy (non-hydrogen) atoms. The number of nitrogens with zero attached hydrogens (tertiary/aromatic N) is 4. The van der Waals surface area contributed by atoms with E-state index in [2.05, 4.69) is 73.7 Å². The van der Waals surface area contributed by atoms with E-state index < -0.39 is 0 Å². The van der Waals surface area contributed by atoms with Crippen molar-refractivity contribution in [1.29, 1.82) is 5.26 Å². The van der Waals surface area contributed by atoms with E-state index in [1.54, 1.807) is 18.2 Å². The molecule has 5 heteroatoms. The molecule has 0 unspecified atom stereocenters. The average Bonchev–Trinajstić information content (AvgIpc) is 3.25. The van der Waals surface area contributed by atoms with E-state index >= 15 is 0 Å². The Labute approximate surface area is 196 Å². The van der Waals surface area contributed by atoms with Gasteiger partial charge in [-0.15, -0.1) is 10.2 Å². The normalized spacial score (nSPS) is 12.0. The van der Waals surface area contributed by atoms with Crippen LogP contribution in [0.1, 0.15) is 75.4 Å². The lowest BCUT2D eigenvalue weighted by Gasteiger charge is -2.23. The Bertz CT molecular complexity index is 1200. The summed E-state index contributed by atoms with van der Waals surface area (Å²) in [5.41, 5.74) is 6.00. The Morgan fingerprint density at radius 3 is 2.15 bits per heavy atom. The van der Waals surface area contributed by atoms with Gasteiger partial charge < -0.3 is 0 Å². The summed E-state index contributed by atoms with van der Waals surface area (Å²) < 4.78 is 2.15. The number of nitriles is 1. The first kappa shape index (κ1) is 23.9. The van der Waals surface area contributed by atoms with Crippen LogP contribution in [0.25, 0.3) is 22.6 Å². The number of para-hydroxylation sites is 1. The monoisotopic (exact) mass is 438 g/mol. The van der Waals surface area contributed by atoms with Crippen LogP contribution in [0.15, 0.2) is 60.7 Å². The molecule has 168 valence electrons. The van der Waals surface area contributed by atoms with Crippen molar-refractivity contribution in [2.24, 2.45) is 0 Å². The molecule has 0 radical (unpaired) electrons. The highest BCUT2D eigenvalue weighted by molar-refractivity contribution is 5.72. The minimum atomic E-state index is 0.298. The molecule has 2 aromatic carbocycles. The van der Waals surface area contributed by atoms with Crippen molar-refractivity contribution < 1.29 is 4.79 Å². The van der Waals surface area contributed by atoms with Crippen molar-refractivity contribution in [2.75, 3.05) is 0 Å². The minimum absolute atomic E-state index is 0.298. The molecule has 0 saturated carbocycles. The minimum Gasteiger partial charge on any atom is -0.299 e. The number of benzene rings is 2. The molecule has 0 bridgehead atoms. The number of hydrogen-bond acceptors (Lipinski definition) is 4. The third-order valence-electron chi connectivity index (χ3n) is 5.66. The maximum atomic E-state index is 10.8. The molecular formula is C28H30N4O. The van der Waals surface area contributed by atoms with Gasteiger partial charge in [0.1, 0.15) is 6.29 Å². The van der Waals surface area contributed by atoms with E-state index in [1.165, 1.54) is 17.2 Å². The van der Waals surface area contributed by atoms with Gasteiger partial charge in [0.05, 0.1) is 17.3 Å². The first-order valence-corrected chi connectivity index (χ1v) is 11.3. The van der Waals surface area contributed by atoms with Crippen molar-refractivity contribution in [3.8, 4) is 23.1 Å². The summed E-state index contributed by atoms with van der Waals surface area (Å²) in [6, 6.07) is 16.1. The zero-order valence-electron chi connectivity index (χ0n) is 19.9. The lowest BCUT2D eigenvalue weighted by molar-refractivity contribution is -0.104. The highest BCUT2D eigenvalue weighted by atomic mass is 16.1. The molecule has 0 aliphatic carbocycles. The number of allylic oxidation sites excluding steroid dienone is 4. The first-order valence-electron chi connectivity index (χ1n) is 11.3. The van der Waals surface area contributed by atoms with Gasteiger partial charge in [0.25, 0.3) is 0 Å². The quantitative estimate of drug-likeness (QED) is 0.226. The maximum absolute atomic E-state index is 10.8. The Balaban J connectivity index is 2.41. The lowest BCUT2D eigenvalue weighted by atomic mass is 9.92. The summed E-state index contributed by atoms with van der Waals surface area (Å²) in [6.07, 6.45) is 6.63. The molecule has 0 spiro atoms. The molecule has 1 heterocycles. The lowest BCUT2D eigenvalue weighted by Crippen LogP contribution is -2.11. The Morgan fingerprint density at radius 2 is 1.64 bits per heavy atom. The first-order chi connectivity index (χ1) is 15.9. The molecule has 0 saturated heterocycles. The third kappa shape index (κ3) is 5.01. The van der Waals surface area contributed by atoms with E-state index in [0.717, 1.165) is 41.2 Å². The molecule has 3 aromatic rings. The van der Waals surface area contributed by atoms with Crippen LogP contribution in [0.3, 0.4) is 0 Å². The predicted octanol–water partition coefficient (Wildman–Crippen LogP) is 6.60. The van der Waals surface area contributed by atoms with Gasteiger partial charge in [0.2, 0.25) is 0 Å². The zero-order chi connectivity index (χ0) is 24.0. The molecule has 0 N–H and O–H groups in total. The average molecular weight is 439 g/mol. The van der Waals surface area contributed by atoms with Gasteiger partial charge in [0, 0.05) is 5.56 Å². The highest BCUT2D eigenvalue weighted by Crippen LogP contribution is 2.36. The van der Waals surface area contributed by atoms with Gasteiger partial charge in [0.15, 0.2) is 11.6 Å². The van der Waals surface area contributed by atoms with Crippen LogP contribution >= 0.6 is 0 Å². The van der Waals surface area contributed by atoms with Gasteiger partial charge in [-0.1, -0.05) is 65.0 Å². The van der Waals surface area contributed by atoms with Gasteiger partial charge in [-0.2, -0.15) is 5.26 Å². The van der Waals surface area contributed by atoms with Crippen LogP contribution in [0, 0.1) is 11.3 Å². The smallest absolute Gasteiger partial charge is 0.168 e. The maximum Gasteiger partial charge on any atom is 0.168 e. The van der Waals surface area contributed by atoms with Gasteiger partial charge >= 0.3 is 0 Å². The second-order valence-corrected chi connectivity index (χ2v) is 8.53. The van der Waals surface area contributed by atoms with E-state index in [0.29, 0.717) is 17.4 Å². The van der Waals surface area contributed by atoms with Crippen molar-refractivity contribution in [3.63, 3.8) is 0 Å². The number of carbonyl (C=O) groups excluding carboxylic acids is 1. The molecule has 0 aliphatic heterocycles. The molecule has 3 rings (SSSR count). The van der Waals surface area contributed by atoms with Crippen LogP contribution in [-0.4, -0.2) is 21.1 Å². The standard InChI is InChI=1S/C28H30N4O/c1-6-22(10-7-8-17-33)27-30-31-28(23-15-13-21(18-29)14-16-23)32(27)26-24(19(2)3)11-9-12-25(26)20(4)5/h7-17,19-20H,6H2,1-5H3/b8-7-,22-10+. The number of carbonyl (C=O) groups is 1. The number of aldehydes is 1. The van der Waals surface area contributed by atoms with Gasteiger partial charge in [-0.3, -0.25) is 9.36 Å². The van der Waals surface area contributed by atoms with Crippen molar-refractivity contribution in [3.05, 3.63) is 83.2 Å². The van der Waals surface area contributed by atoms with E-state index in [1.807, 2.05) is 18.2 Å². The van der Waals surface area contributed by atoms with Gasteiger partial charge in [-0.25, -0.2) is 0 Å². The fourth-order valence-corrected chi connectivity index (χ4v) is 3.92. The van der Waals surface area contributed by atoms with E-state index in [9.17, 15) is 10.1 Å². The Hall–Kier alpha value is -3.78. The van der Waals surface area contributed by atoms with Crippen LogP contribution in [-0.2, 0) is 4.79 Å². The zero-order valence-corrected chi connectivity index (χ0v) is 19.9. The summed E-state index contributed by atoms with van der Waals surface area (Å²) in [7, 11) is 0. The van der Waals surface area contributed by atoms with E-state index in [-0.39, 0.29) is 0 Å². The summed E-state index contributed by atoms with van der Waals surface area (Å²) in [5, 5.41) is 18.4. The number of aromatic nitrogens is 3. The van der Waals surface area contributed by atoms with Crippen LogP contribution in [0.4, 0.5) is 0 Å². The SMILES string of the molecule is CC/C(=C\C=C/C=O)c1nnc(-c2ccc(C#N)cc2)n1-c1c(C(C)C)cccc1C(C)C. The van der Waals surface area contributed by atoms with Crippen LogP contribution < -0.4 is 0 Å². The summed E-state index contributed by atoms with van der Waals surface area (Å²) in [4.78, 5) is 10.8. The Kier molecular flexibility index (Phi) is 7.74. The largest absolute Gasteiger partial charge is 0.299 e. The van der Waals surface area contributed by atoms with Crippen molar-refractivity contribution in [2.45, 2.75) is 52.9 Å². The van der Waals surface area contributed by atoms with Crippen LogP contribution in [0.2, 0.25) is 0 Å². The molecule has 0 atom stereocenters. The topological polar surface area (TPSA) is 71.6 Å². The molecule has 0 amide bonds. The van der Waals surface area contributed by atoms with Gasteiger partial charge in [-0.05, 0) is 65.3 Å². The summed E-state index contributed by atoms with van der Waals surface area (Å²) in [5.74, 6) is 2.07. The van der Waals surface area contributed by atoms with Crippen molar-refractivity contribution in [1.82, 2.24) is 14.8 Å². The van der Waals surface area contributed by atoms with Crippen molar-refractivity contribution >= 4 is 11.9 Å². The summed E-state index contributed by atoms with van der Waals surface area (Å²) in [6.45, 7) is 10.8. The summed E-state index contributed by atoms with van der Waals surface area (Å²) >= 11 is 0.